The number of hydrogen-bond donors (Lipinski definition) is 4. The van der Waals surface area contributed by atoms with Gasteiger partial charge in [-0.15, -0.1) is 0 Å². The second kappa shape index (κ2) is 12.0. The molecule has 0 aliphatic carbocycles. The fraction of sp³-hybridized carbons (Fsp3) is 0.522. The van der Waals surface area contributed by atoms with Gasteiger partial charge >= 0.3 is 0 Å². The number of rotatable bonds is 9. The van der Waals surface area contributed by atoms with Crippen molar-refractivity contribution < 1.29 is 24.0 Å². The highest BCUT2D eigenvalue weighted by Gasteiger charge is 2.38. The van der Waals surface area contributed by atoms with Crippen LogP contribution in [0, 0.1) is 0 Å². The van der Waals surface area contributed by atoms with Gasteiger partial charge in [0.1, 0.15) is 24.2 Å². The second-order valence-corrected chi connectivity index (χ2v) is 8.21. The van der Waals surface area contributed by atoms with Crippen molar-refractivity contribution in [1.29, 1.82) is 0 Å². The van der Waals surface area contributed by atoms with Crippen molar-refractivity contribution in [3.63, 3.8) is 0 Å². The van der Waals surface area contributed by atoms with Crippen molar-refractivity contribution in [2.45, 2.75) is 64.2 Å². The minimum Gasteiger partial charge on any atom is -0.357 e. The van der Waals surface area contributed by atoms with Crippen LogP contribution in [0.15, 0.2) is 30.3 Å². The maximum absolute atomic E-state index is 13.5. The monoisotopic (exact) mass is 459 g/mol. The van der Waals surface area contributed by atoms with Crippen molar-refractivity contribution in [1.82, 2.24) is 26.2 Å². The van der Waals surface area contributed by atoms with E-state index in [-0.39, 0.29) is 24.1 Å². The van der Waals surface area contributed by atoms with E-state index in [1.165, 1.54) is 25.8 Å². The van der Waals surface area contributed by atoms with Gasteiger partial charge in [0.15, 0.2) is 0 Å². The van der Waals surface area contributed by atoms with Crippen LogP contribution < -0.4 is 21.3 Å². The number of benzene rings is 1. The minimum absolute atomic E-state index is 0.234. The van der Waals surface area contributed by atoms with Crippen LogP contribution in [-0.4, -0.2) is 72.2 Å². The summed E-state index contributed by atoms with van der Waals surface area (Å²) in [6.45, 7) is 4.78. The first kappa shape index (κ1) is 25.8. The Morgan fingerprint density at radius 2 is 1.61 bits per heavy atom. The van der Waals surface area contributed by atoms with Gasteiger partial charge in [0, 0.05) is 26.9 Å². The fourth-order valence-electron chi connectivity index (χ4n) is 3.81. The Balaban J connectivity index is 2.19. The quantitative estimate of drug-likeness (QED) is 0.394. The summed E-state index contributed by atoms with van der Waals surface area (Å²) >= 11 is 0. The number of amides is 5. The van der Waals surface area contributed by atoms with E-state index in [0.29, 0.717) is 19.4 Å². The lowest BCUT2D eigenvalue weighted by atomic mass is 10.0. The number of nitrogens with zero attached hydrogens (tertiary/aromatic N) is 1. The van der Waals surface area contributed by atoms with Gasteiger partial charge in [-0.25, -0.2) is 0 Å². The Morgan fingerprint density at radius 3 is 2.21 bits per heavy atom. The molecule has 0 unspecified atom stereocenters. The average molecular weight is 460 g/mol. The van der Waals surface area contributed by atoms with Crippen molar-refractivity contribution in [2.24, 2.45) is 0 Å². The molecule has 0 bridgehead atoms. The summed E-state index contributed by atoms with van der Waals surface area (Å²) in [7, 11) is 1.48. The summed E-state index contributed by atoms with van der Waals surface area (Å²) in [4.78, 5) is 63.5. The SMILES string of the molecule is CNC(=O)[C@H](C)NC(=O)[C@@H]1CCCN1C(=O)[C@H](Cc1ccccc1)NC(=O)[C@H](C)NC(C)=O. The van der Waals surface area contributed by atoms with E-state index in [0.717, 1.165) is 5.56 Å². The van der Waals surface area contributed by atoms with Crippen LogP contribution in [0.4, 0.5) is 0 Å². The van der Waals surface area contributed by atoms with E-state index in [2.05, 4.69) is 21.3 Å². The summed E-state index contributed by atoms with van der Waals surface area (Å²) in [5.41, 5.74) is 0.844. The lowest BCUT2D eigenvalue weighted by Crippen LogP contribution is -2.57. The molecule has 1 heterocycles. The highest BCUT2D eigenvalue weighted by molar-refractivity contribution is 5.95. The zero-order valence-electron chi connectivity index (χ0n) is 19.5. The third kappa shape index (κ3) is 7.30. The molecule has 0 radical (unpaired) electrons. The molecule has 0 spiro atoms. The minimum atomic E-state index is -0.916. The number of likely N-dealkylation sites (N-methyl/N-ethyl adjacent to an activating group) is 1. The van der Waals surface area contributed by atoms with Gasteiger partial charge in [-0.3, -0.25) is 24.0 Å². The van der Waals surface area contributed by atoms with Gasteiger partial charge in [0.25, 0.3) is 0 Å². The Kier molecular flexibility index (Phi) is 9.38. The van der Waals surface area contributed by atoms with Crippen LogP contribution in [0.1, 0.15) is 39.2 Å². The number of nitrogens with one attached hydrogen (secondary N) is 4. The second-order valence-electron chi connectivity index (χ2n) is 8.21. The van der Waals surface area contributed by atoms with Crippen molar-refractivity contribution in [3.05, 3.63) is 35.9 Å². The highest BCUT2D eigenvalue weighted by Crippen LogP contribution is 2.20. The molecule has 5 amide bonds. The average Bonchev–Trinajstić information content (AvgIpc) is 3.27. The molecule has 180 valence electrons. The van der Waals surface area contributed by atoms with E-state index in [1.54, 1.807) is 6.92 Å². The Hall–Kier alpha value is -3.43. The molecule has 1 aliphatic heterocycles. The molecule has 1 saturated heterocycles. The zero-order valence-corrected chi connectivity index (χ0v) is 19.5. The fourth-order valence-corrected chi connectivity index (χ4v) is 3.81. The lowest BCUT2D eigenvalue weighted by Gasteiger charge is -2.30. The third-order valence-electron chi connectivity index (χ3n) is 5.55. The number of hydrogen-bond acceptors (Lipinski definition) is 5. The van der Waals surface area contributed by atoms with E-state index < -0.39 is 36.0 Å². The molecule has 1 aromatic rings. The molecule has 4 atom stereocenters. The van der Waals surface area contributed by atoms with Gasteiger partial charge < -0.3 is 26.2 Å². The van der Waals surface area contributed by atoms with Gasteiger partial charge in [-0.2, -0.15) is 0 Å². The number of carbonyl (C=O) groups excluding carboxylic acids is 5. The molecule has 10 nitrogen and oxygen atoms in total. The normalized spacial score (nSPS) is 17.9. The number of likely N-dealkylation sites (tertiary alicyclic amines) is 1. The summed E-state index contributed by atoms with van der Waals surface area (Å²) in [5.74, 6) is -1.97. The molecule has 1 aliphatic rings. The summed E-state index contributed by atoms with van der Waals surface area (Å²) < 4.78 is 0. The summed E-state index contributed by atoms with van der Waals surface area (Å²) in [5, 5.41) is 10.4. The van der Waals surface area contributed by atoms with Crippen LogP contribution in [-0.2, 0) is 30.4 Å². The van der Waals surface area contributed by atoms with Crippen molar-refractivity contribution >= 4 is 29.5 Å². The van der Waals surface area contributed by atoms with Crippen LogP contribution in [0.25, 0.3) is 0 Å². The van der Waals surface area contributed by atoms with E-state index in [1.807, 2.05) is 30.3 Å². The van der Waals surface area contributed by atoms with Gasteiger partial charge in [-0.1, -0.05) is 30.3 Å². The highest BCUT2D eigenvalue weighted by atomic mass is 16.2. The molecule has 1 aromatic carbocycles. The van der Waals surface area contributed by atoms with Gasteiger partial charge in [-0.05, 0) is 32.3 Å². The Bertz CT molecular complexity index is 875. The van der Waals surface area contributed by atoms with E-state index in [9.17, 15) is 24.0 Å². The molecule has 0 aromatic heterocycles. The predicted octanol–water partition coefficient (Wildman–Crippen LogP) is -0.520. The maximum Gasteiger partial charge on any atom is 0.246 e. The van der Waals surface area contributed by atoms with E-state index >= 15 is 0 Å². The lowest BCUT2D eigenvalue weighted by molar-refractivity contribution is -0.142. The van der Waals surface area contributed by atoms with Crippen molar-refractivity contribution in [2.75, 3.05) is 13.6 Å². The summed E-state index contributed by atoms with van der Waals surface area (Å²) in [6.07, 6.45) is 1.33. The Morgan fingerprint density at radius 1 is 0.970 bits per heavy atom. The van der Waals surface area contributed by atoms with Gasteiger partial charge in [0.2, 0.25) is 29.5 Å². The first-order valence-corrected chi connectivity index (χ1v) is 11.1. The molecule has 1 fully saturated rings. The largest absolute Gasteiger partial charge is 0.357 e. The van der Waals surface area contributed by atoms with Crippen LogP contribution >= 0.6 is 0 Å². The van der Waals surface area contributed by atoms with Gasteiger partial charge in [0.05, 0.1) is 0 Å². The zero-order chi connectivity index (χ0) is 24.5. The van der Waals surface area contributed by atoms with Crippen LogP contribution in [0.5, 0.6) is 0 Å². The standard InChI is InChI=1S/C23H33N5O5/c1-14(20(30)24-4)26-22(32)19-11-8-12-28(19)23(33)18(13-17-9-6-5-7-10-17)27-21(31)15(2)25-16(3)29/h5-7,9-10,14-15,18-19H,8,11-13H2,1-4H3,(H,24,30)(H,25,29)(H,26,32)(H,27,31)/t14-,15-,18-,19-/m0/s1. The molecular weight excluding hydrogens is 426 g/mol. The molecule has 10 heteroatoms. The molecular formula is C23H33N5O5. The summed E-state index contributed by atoms with van der Waals surface area (Å²) in [6, 6.07) is 6.03. The topological polar surface area (TPSA) is 137 Å². The maximum atomic E-state index is 13.5. The number of carbonyl (C=O) groups is 5. The third-order valence-corrected chi connectivity index (χ3v) is 5.55. The smallest absolute Gasteiger partial charge is 0.246 e. The molecule has 33 heavy (non-hydrogen) atoms. The molecule has 0 saturated carbocycles. The van der Waals surface area contributed by atoms with Crippen LogP contribution in [0.2, 0.25) is 0 Å². The predicted molar refractivity (Wildman–Crippen MR) is 122 cm³/mol. The first-order chi connectivity index (χ1) is 15.6. The molecule has 2 rings (SSSR count). The first-order valence-electron chi connectivity index (χ1n) is 11.1. The molecule has 4 N–H and O–H groups in total. The van der Waals surface area contributed by atoms with Crippen molar-refractivity contribution in [3.8, 4) is 0 Å². The van der Waals surface area contributed by atoms with Crippen LogP contribution in [0.3, 0.4) is 0 Å². The Labute approximate surface area is 193 Å². The van der Waals surface area contributed by atoms with E-state index in [4.69, 9.17) is 0 Å².